The van der Waals surface area contributed by atoms with Crippen LogP contribution in [-0.2, 0) is 5.41 Å². The molecule has 0 atom stereocenters. The highest BCUT2D eigenvalue weighted by Crippen LogP contribution is 2.41. The van der Waals surface area contributed by atoms with Crippen LogP contribution in [0.4, 0.5) is 5.69 Å². The summed E-state index contributed by atoms with van der Waals surface area (Å²) in [6.45, 7) is 3.17. The van der Waals surface area contributed by atoms with E-state index in [-0.39, 0.29) is 5.41 Å². The molecule has 1 aromatic rings. The van der Waals surface area contributed by atoms with Crippen molar-refractivity contribution >= 4 is 21.6 Å². The van der Waals surface area contributed by atoms with Crippen LogP contribution in [0.2, 0.25) is 0 Å². The molecule has 3 rings (SSSR count). The lowest BCUT2D eigenvalue weighted by Gasteiger charge is -2.37. The van der Waals surface area contributed by atoms with Crippen molar-refractivity contribution in [2.45, 2.75) is 56.8 Å². The Morgan fingerprint density at radius 2 is 1.67 bits per heavy atom. The molecule has 21 heavy (non-hydrogen) atoms. The van der Waals surface area contributed by atoms with Gasteiger partial charge in [-0.3, -0.25) is 0 Å². The zero-order valence-electron chi connectivity index (χ0n) is 12.9. The largest absolute Gasteiger partial charge is 0.371 e. The second kappa shape index (κ2) is 6.70. The van der Waals surface area contributed by atoms with E-state index >= 15 is 0 Å². The van der Waals surface area contributed by atoms with Gasteiger partial charge < -0.3 is 10.6 Å². The molecular weight excluding hydrogens is 324 g/mol. The Bertz CT molecular complexity index is 474. The lowest BCUT2D eigenvalue weighted by molar-refractivity contribution is 0.300. The van der Waals surface area contributed by atoms with Crippen LogP contribution in [0.15, 0.2) is 22.7 Å². The van der Waals surface area contributed by atoms with Gasteiger partial charge in [0.05, 0.1) is 5.69 Å². The minimum absolute atomic E-state index is 0.223. The van der Waals surface area contributed by atoms with Crippen molar-refractivity contribution in [3.8, 4) is 0 Å². The molecule has 1 saturated carbocycles. The quantitative estimate of drug-likeness (QED) is 0.862. The highest BCUT2D eigenvalue weighted by atomic mass is 79.9. The van der Waals surface area contributed by atoms with Gasteiger partial charge >= 0.3 is 0 Å². The Hall–Kier alpha value is -0.540. The van der Waals surface area contributed by atoms with E-state index in [1.54, 1.807) is 0 Å². The third kappa shape index (κ3) is 3.14. The standard InChI is InChI=1S/C18H27BrN2/c19-16-13-15(18(14-20)9-3-1-4-10-18)7-8-17(16)21-11-5-2-6-12-21/h7-8,13H,1-6,9-12,14,20H2. The van der Waals surface area contributed by atoms with Crippen LogP contribution in [0.3, 0.4) is 0 Å². The third-order valence-corrected chi connectivity index (χ3v) is 6.09. The minimum atomic E-state index is 0.223. The summed E-state index contributed by atoms with van der Waals surface area (Å²) in [4.78, 5) is 2.52. The molecular formula is C18H27BrN2. The van der Waals surface area contributed by atoms with Gasteiger partial charge in [0.25, 0.3) is 0 Å². The fourth-order valence-electron chi connectivity index (χ4n) is 4.07. The topological polar surface area (TPSA) is 29.3 Å². The summed E-state index contributed by atoms with van der Waals surface area (Å²) in [6.07, 6.45) is 10.5. The van der Waals surface area contributed by atoms with Crippen LogP contribution in [0.1, 0.15) is 56.9 Å². The maximum absolute atomic E-state index is 6.18. The predicted molar refractivity (Wildman–Crippen MR) is 94.0 cm³/mol. The van der Waals surface area contributed by atoms with Crippen LogP contribution in [0, 0.1) is 0 Å². The second-order valence-corrected chi connectivity index (χ2v) is 7.61. The minimum Gasteiger partial charge on any atom is -0.371 e. The first-order valence-electron chi connectivity index (χ1n) is 8.50. The van der Waals surface area contributed by atoms with Crippen LogP contribution >= 0.6 is 15.9 Å². The van der Waals surface area contributed by atoms with Gasteiger partial charge in [-0.15, -0.1) is 0 Å². The average molecular weight is 351 g/mol. The van der Waals surface area contributed by atoms with E-state index in [1.807, 2.05) is 0 Å². The summed E-state index contributed by atoms with van der Waals surface area (Å²) in [5, 5.41) is 0. The molecule has 1 aromatic carbocycles. The molecule has 2 N–H and O–H groups in total. The molecule has 0 amide bonds. The summed E-state index contributed by atoms with van der Waals surface area (Å²) < 4.78 is 1.25. The van der Waals surface area contributed by atoms with Crippen molar-refractivity contribution in [1.29, 1.82) is 0 Å². The number of nitrogens with zero attached hydrogens (tertiary/aromatic N) is 1. The zero-order valence-corrected chi connectivity index (χ0v) is 14.5. The Kier molecular flexibility index (Phi) is 4.90. The summed E-state index contributed by atoms with van der Waals surface area (Å²) in [5.41, 5.74) is 9.20. The summed E-state index contributed by atoms with van der Waals surface area (Å²) in [5.74, 6) is 0. The summed E-state index contributed by atoms with van der Waals surface area (Å²) in [6, 6.07) is 7.01. The average Bonchev–Trinajstić information content (AvgIpc) is 2.56. The van der Waals surface area contributed by atoms with Crippen molar-refractivity contribution in [3.63, 3.8) is 0 Å². The van der Waals surface area contributed by atoms with Crippen LogP contribution < -0.4 is 10.6 Å². The van der Waals surface area contributed by atoms with Crippen molar-refractivity contribution in [2.75, 3.05) is 24.5 Å². The Labute approximate surface area is 137 Å². The molecule has 2 fully saturated rings. The molecule has 1 aliphatic carbocycles. The Balaban J connectivity index is 1.85. The molecule has 2 nitrogen and oxygen atoms in total. The van der Waals surface area contributed by atoms with Gasteiger partial charge in [-0.05, 0) is 65.7 Å². The molecule has 3 heteroatoms. The van der Waals surface area contributed by atoms with E-state index in [0.29, 0.717) is 0 Å². The molecule has 116 valence electrons. The summed E-state index contributed by atoms with van der Waals surface area (Å²) in [7, 11) is 0. The number of halogens is 1. The van der Waals surface area contributed by atoms with E-state index in [4.69, 9.17) is 5.73 Å². The van der Waals surface area contributed by atoms with E-state index in [1.165, 1.54) is 80.2 Å². The number of hydrogen-bond acceptors (Lipinski definition) is 2. The molecule has 1 heterocycles. The fraction of sp³-hybridized carbons (Fsp3) is 0.667. The maximum Gasteiger partial charge on any atom is 0.0510 e. The molecule has 1 saturated heterocycles. The lowest BCUT2D eigenvalue weighted by Crippen LogP contribution is -2.37. The first-order valence-corrected chi connectivity index (χ1v) is 9.29. The molecule has 1 aliphatic heterocycles. The molecule has 2 aliphatic rings. The third-order valence-electron chi connectivity index (χ3n) is 5.46. The Morgan fingerprint density at radius 1 is 1.00 bits per heavy atom. The van der Waals surface area contributed by atoms with Crippen LogP contribution in [0.25, 0.3) is 0 Å². The number of piperidine rings is 1. The SMILES string of the molecule is NCC1(c2ccc(N3CCCCC3)c(Br)c2)CCCCC1. The van der Waals surface area contributed by atoms with Gasteiger partial charge in [0.15, 0.2) is 0 Å². The van der Waals surface area contributed by atoms with E-state index in [2.05, 4.69) is 39.0 Å². The van der Waals surface area contributed by atoms with E-state index < -0.39 is 0 Å². The highest BCUT2D eigenvalue weighted by molar-refractivity contribution is 9.10. The normalized spacial score (nSPS) is 22.3. The zero-order chi connectivity index (χ0) is 14.7. The molecule has 0 unspecified atom stereocenters. The van der Waals surface area contributed by atoms with Crippen molar-refractivity contribution in [2.24, 2.45) is 5.73 Å². The van der Waals surface area contributed by atoms with E-state index in [9.17, 15) is 0 Å². The number of anilines is 1. The second-order valence-electron chi connectivity index (χ2n) is 6.76. The first kappa shape index (κ1) is 15.4. The van der Waals surface area contributed by atoms with Crippen LogP contribution in [-0.4, -0.2) is 19.6 Å². The molecule has 0 spiro atoms. The number of benzene rings is 1. The van der Waals surface area contributed by atoms with Crippen molar-refractivity contribution in [3.05, 3.63) is 28.2 Å². The van der Waals surface area contributed by atoms with Crippen molar-refractivity contribution < 1.29 is 0 Å². The molecule has 0 aromatic heterocycles. The number of rotatable bonds is 3. The van der Waals surface area contributed by atoms with Crippen LogP contribution in [0.5, 0.6) is 0 Å². The fourth-order valence-corrected chi connectivity index (χ4v) is 4.70. The van der Waals surface area contributed by atoms with Gasteiger partial charge in [0, 0.05) is 29.5 Å². The number of hydrogen-bond donors (Lipinski definition) is 1. The molecule has 0 bridgehead atoms. The summed E-state index contributed by atoms with van der Waals surface area (Å²) >= 11 is 3.82. The first-order chi connectivity index (χ1) is 10.2. The number of nitrogens with two attached hydrogens (primary N) is 1. The highest BCUT2D eigenvalue weighted by Gasteiger charge is 2.33. The van der Waals surface area contributed by atoms with Crippen molar-refractivity contribution in [1.82, 2.24) is 0 Å². The smallest absolute Gasteiger partial charge is 0.0510 e. The van der Waals surface area contributed by atoms with Gasteiger partial charge in [-0.25, -0.2) is 0 Å². The monoisotopic (exact) mass is 350 g/mol. The van der Waals surface area contributed by atoms with Gasteiger partial charge in [0.2, 0.25) is 0 Å². The Morgan fingerprint density at radius 3 is 2.29 bits per heavy atom. The maximum atomic E-state index is 6.18. The lowest BCUT2D eigenvalue weighted by atomic mass is 9.69. The van der Waals surface area contributed by atoms with Gasteiger partial charge in [-0.1, -0.05) is 25.3 Å². The predicted octanol–water partition coefficient (Wildman–Crippen LogP) is 4.60. The molecule has 0 radical (unpaired) electrons. The van der Waals surface area contributed by atoms with Gasteiger partial charge in [0.1, 0.15) is 0 Å². The van der Waals surface area contributed by atoms with Gasteiger partial charge in [-0.2, -0.15) is 0 Å². The van der Waals surface area contributed by atoms with E-state index in [0.717, 1.165) is 6.54 Å².